The molecule has 10 nitrogen and oxygen atoms in total. The second-order valence-corrected chi connectivity index (χ2v) is 11.4. The summed E-state index contributed by atoms with van der Waals surface area (Å²) in [7, 11) is 0. The molecule has 1 unspecified atom stereocenters. The number of ether oxygens (including phenoxy) is 1. The van der Waals surface area contributed by atoms with Gasteiger partial charge in [-0.05, 0) is 53.9 Å². The zero-order valence-corrected chi connectivity index (χ0v) is 22.0. The molecule has 2 aliphatic rings. The van der Waals surface area contributed by atoms with Gasteiger partial charge in [0.2, 0.25) is 5.91 Å². The Morgan fingerprint density at radius 2 is 1.86 bits per heavy atom. The van der Waals surface area contributed by atoms with E-state index in [1.807, 2.05) is 31.5 Å². The van der Waals surface area contributed by atoms with Crippen LogP contribution in [0.3, 0.4) is 0 Å². The standard InChI is InChI=1S/C25H44N6O4/c1-24(2,3)35-23(34)29-15-16-31(22(33)28-19-9-7-6-8-10-19)20(17-29)21(32)27-12-11-25(4,5)30-14-13-26-18-30/h13-14,18-20,22,28,33H,6-12,15-17H2,1-5H3,(H,27,32)/t20-,22?/m1/s1. The van der Waals surface area contributed by atoms with E-state index in [4.69, 9.17) is 4.74 Å². The number of nitrogens with one attached hydrogen (secondary N) is 2. The quantitative estimate of drug-likeness (QED) is 0.477. The number of rotatable bonds is 8. The number of nitrogens with zero attached hydrogens (tertiary/aromatic N) is 4. The highest BCUT2D eigenvalue weighted by Gasteiger charge is 2.39. The number of hydrogen-bond donors (Lipinski definition) is 3. The van der Waals surface area contributed by atoms with Gasteiger partial charge in [-0.1, -0.05) is 19.3 Å². The Morgan fingerprint density at radius 1 is 1.14 bits per heavy atom. The number of carbonyl (C=O) groups is 2. The second kappa shape index (κ2) is 11.7. The van der Waals surface area contributed by atoms with E-state index in [0.717, 1.165) is 25.7 Å². The highest BCUT2D eigenvalue weighted by Crippen LogP contribution is 2.21. The van der Waals surface area contributed by atoms with Crippen molar-refractivity contribution < 1.29 is 19.4 Å². The van der Waals surface area contributed by atoms with Crippen molar-refractivity contribution in [2.45, 2.75) is 103 Å². The molecule has 0 aromatic carbocycles. The fourth-order valence-corrected chi connectivity index (χ4v) is 4.75. The van der Waals surface area contributed by atoms with Gasteiger partial charge in [0, 0.05) is 50.2 Å². The summed E-state index contributed by atoms with van der Waals surface area (Å²) in [4.78, 5) is 33.5. The predicted octanol–water partition coefficient (Wildman–Crippen LogP) is 2.24. The molecule has 198 valence electrons. The van der Waals surface area contributed by atoms with Crippen molar-refractivity contribution in [3.63, 3.8) is 0 Å². The van der Waals surface area contributed by atoms with Gasteiger partial charge in [0.05, 0.1) is 6.33 Å². The van der Waals surface area contributed by atoms with Crippen molar-refractivity contribution in [1.29, 1.82) is 0 Å². The van der Waals surface area contributed by atoms with Crippen molar-refractivity contribution in [2.75, 3.05) is 26.2 Å². The summed E-state index contributed by atoms with van der Waals surface area (Å²) in [6.45, 7) is 11.0. The van der Waals surface area contributed by atoms with Gasteiger partial charge in [-0.3, -0.25) is 15.0 Å². The summed E-state index contributed by atoms with van der Waals surface area (Å²) in [6, 6.07) is -0.443. The van der Waals surface area contributed by atoms with Crippen molar-refractivity contribution >= 4 is 12.0 Å². The van der Waals surface area contributed by atoms with Gasteiger partial charge in [0.1, 0.15) is 11.6 Å². The molecule has 0 spiro atoms. The smallest absolute Gasteiger partial charge is 0.410 e. The molecule has 2 atom stereocenters. The number of imidazole rings is 1. The van der Waals surface area contributed by atoms with Gasteiger partial charge < -0.3 is 24.6 Å². The van der Waals surface area contributed by atoms with Gasteiger partial charge in [0.25, 0.3) is 0 Å². The molecule has 35 heavy (non-hydrogen) atoms. The number of piperazine rings is 1. The van der Waals surface area contributed by atoms with Crippen LogP contribution in [0.1, 0.15) is 73.1 Å². The van der Waals surface area contributed by atoms with Crippen LogP contribution in [0.15, 0.2) is 18.7 Å². The highest BCUT2D eigenvalue weighted by molar-refractivity contribution is 5.83. The van der Waals surface area contributed by atoms with E-state index in [0.29, 0.717) is 26.1 Å². The maximum Gasteiger partial charge on any atom is 0.410 e. The minimum Gasteiger partial charge on any atom is -0.444 e. The monoisotopic (exact) mass is 492 g/mol. The maximum atomic E-state index is 13.3. The van der Waals surface area contributed by atoms with Crippen molar-refractivity contribution in [2.24, 2.45) is 0 Å². The maximum absolute atomic E-state index is 13.3. The van der Waals surface area contributed by atoms with Gasteiger partial charge in [-0.25, -0.2) is 9.78 Å². The second-order valence-electron chi connectivity index (χ2n) is 11.4. The molecule has 2 heterocycles. The Bertz CT molecular complexity index is 816. The lowest BCUT2D eigenvalue weighted by molar-refractivity contribution is -0.139. The van der Waals surface area contributed by atoms with E-state index in [-0.39, 0.29) is 24.0 Å². The van der Waals surface area contributed by atoms with Crippen LogP contribution in [0.5, 0.6) is 0 Å². The summed E-state index contributed by atoms with van der Waals surface area (Å²) >= 11 is 0. The Balaban J connectivity index is 1.65. The van der Waals surface area contributed by atoms with E-state index in [2.05, 4.69) is 29.5 Å². The van der Waals surface area contributed by atoms with Crippen LogP contribution < -0.4 is 10.6 Å². The van der Waals surface area contributed by atoms with Crippen LogP contribution in [0.4, 0.5) is 4.79 Å². The van der Waals surface area contributed by atoms with Gasteiger partial charge in [0.15, 0.2) is 6.35 Å². The van der Waals surface area contributed by atoms with E-state index in [9.17, 15) is 14.7 Å². The van der Waals surface area contributed by atoms with Crippen LogP contribution >= 0.6 is 0 Å². The molecular formula is C25H44N6O4. The zero-order valence-electron chi connectivity index (χ0n) is 22.0. The van der Waals surface area contributed by atoms with Crippen molar-refractivity contribution in [1.82, 2.24) is 30.0 Å². The molecule has 1 aromatic heterocycles. The van der Waals surface area contributed by atoms with Crippen LogP contribution in [0.2, 0.25) is 0 Å². The summed E-state index contributed by atoms with van der Waals surface area (Å²) in [5.41, 5.74) is -0.826. The lowest BCUT2D eigenvalue weighted by Gasteiger charge is -2.43. The fraction of sp³-hybridized carbons (Fsp3) is 0.800. The molecule has 1 aliphatic carbocycles. The molecule has 2 fully saturated rings. The summed E-state index contributed by atoms with van der Waals surface area (Å²) in [6.07, 6.45) is 10.3. The molecule has 1 saturated heterocycles. The molecule has 1 aliphatic heterocycles. The molecule has 1 saturated carbocycles. The largest absolute Gasteiger partial charge is 0.444 e. The summed E-state index contributed by atoms with van der Waals surface area (Å²) in [5, 5.41) is 17.4. The van der Waals surface area contributed by atoms with E-state index < -0.39 is 24.1 Å². The van der Waals surface area contributed by atoms with Gasteiger partial charge in [-0.15, -0.1) is 0 Å². The Morgan fingerprint density at radius 3 is 2.49 bits per heavy atom. The van der Waals surface area contributed by atoms with Crippen LogP contribution in [0.25, 0.3) is 0 Å². The Labute approximate surface area is 209 Å². The Kier molecular flexibility index (Phi) is 9.17. The molecule has 0 bridgehead atoms. The van der Waals surface area contributed by atoms with Gasteiger partial charge >= 0.3 is 6.09 Å². The molecule has 0 radical (unpaired) electrons. The van der Waals surface area contributed by atoms with E-state index in [1.54, 1.807) is 22.3 Å². The van der Waals surface area contributed by atoms with Crippen molar-refractivity contribution in [3.8, 4) is 0 Å². The number of amides is 2. The summed E-state index contributed by atoms with van der Waals surface area (Å²) in [5.74, 6) is -0.204. The summed E-state index contributed by atoms with van der Waals surface area (Å²) < 4.78 is 7.56. The molecule has 2 amide bonds. The highest BCUT2D eigenvalue weighted by atomic mass is 16.6. The van der Waals surface area contributed by atoms with Crippen molar-refractivity contribution in [3.05, 3.63) is 18.7 Å². The normalized spacial score (nSPS) is 21.5. The zero-order chi connectivity index (χ0) is 25.6. The molecule has 10 heteroatoms. The molecule has 3 rings (SSSR count). The SMILES string of the molecule is CC(C)(C)OC(=O)N1CCN(C(O)NC2CCCCC2)[C@@H](C(=O)NCCC(C)(C)n2ccnc2)C1. The Hall–Kier alpha value is -2.17. The average Bonchev–Trinajstić information content (AvgIpc) is 3.34. The molecule has 1 aromatic rings. The third kappa shape index (κ3) is 7.91. The minimum atomic E-state index is -0.947. The number of aliphatic hydroxyl groups excluding tert-OH is 1. The third-order valence-electron chi connectivity index (χ3n) is 6.92. The lowest BCUT2D eigenvalue weighted by atomic mass is 9.95. The predicted molar refractivity (Wildman–Crippen MR) is 133 cm³/mol. The topological polar surface area (TPSA) is 112 Å². The number of hydrogen-bond acceptors (Lipinski definition) is 7. The lowest BCUT2D eigenvalue weighted by Crippen LogP contribution is -2.66. The fourth-order valence-electron chi connectivity index (χ4n) is 4.75. The first-order chi connectivity index (χ1) is 16.5. The van der Waals surface area contributed by atoms with Crippen LogP contribution in [0, 0.1) is 0 Å². The van der Waals surface area contributed by atoms with E-state index >= 15 is 0 Å². The number of aromatic nitrogens is 2. The third-order valence-corrected chi connectivity index (χ3v) is 6.92. The molecular weight excluding hydrogens is 448 g/mol. The number of carbonyl (C=O) groups excluding carboxylic acids is 2. The first kappa shape index (κ1) is 27.4. The van der Waals surface area contributed by atoms with Crippen LogP contribution in [-0.2, 0) is 15.1 Å². The van der Waals surface area contributed by atoms with Gasteiger partial charge in [-0.2, -0.15) is 0 Å². The molecule has 3 N–H and O–H groups in total. The average molecular weight is 493 g/mol. The number of aliphatic hydroxyl groups is 1. The first-order valence-corrected chi connectivity index (χ1v) is 12.9. The van der Waals surface area contributed by atoms with Crippen LogP contribution in [-0.4, -0.2) is 86.7 Å². The first-order valence-electron chi connectivity index (χ1n) is 12.9. The minimum absolute atomic E-state index is 0.162. The van der Waals surface area contributed by atoms with E-state index in [1.165, 1.54) is 6.42 Å².